The van der Waals surface area contributed by atoms with Crippen molar-refractivity contribution in [1.82, 2.24) is 19.9 Å². The molecule has 4 heteroatoms. The van der Waals surface area contributed by atoms with Crippen molar-refractivity contribution in [2.75, 3.05) is 13.1 Å². The molecule has 0 unspecified atom stereocenters. The summed E-state index contributed by atoms with van der Waals surface area (Å²) in [4.78, 5) is 2.59. The number of fused-ring (bicyclic) bond motifs is 1. The Balaban J connectivity index is 1.85. The van der Waals surface area contributed by atoms with Gasteiger partial charge in [-0.3, -0.25) is 4.90 Å². The number of aromatic nitrogens is 3. The number of hydrogen-bond donors (Lipinski definition) is 0. The topological polar surface area (TPSA) is 34.0 Å². The van der Waals surface area contributed by atoms with Gasteiger partial charge in [0.25, 0.3) is 0 Å². The summed E-state index contributed by atoms with van der Waals surface area (Å²) >= 11 is 0. The first kappa shape index (κ1) is 22.9. The van der Waals surface area contributed by atoms with Crippen LogP contribution < -0.4 is 0 Å². The van der Waals surface area contributed by atoms with E-state index in [1.54, 1.807) is 0 Å². The molecule has 1 aromatic carbocycles. The summed E-state index contributed by atoms with van der Waals surface area (Å²) in [6.07, 6.45) is 16.2. The molecule has 4 nitrogen and oxygen atoms in total. The second-order valence-electron chi connectivity index (χ2n) is 8.38. The molecule has 0 aliphatic heterocycles. The summed E-state index contributed by atoms with van der Waals surface area (Å²) < 4.78 is 2.09. The number of aryl methyl sites for hydroxylation is 1. The zero-order valence-corrected chi connectivity index (χ0v) is 18.6. The van der Waals surface area contributed by atoms with Gasteiger partial charge in [0.05, 0.1) is 12.2 Å². The fourth-order valence-electron chi connectivity index (χ4n) is 3.85. The van der Waals surface area contributed by atoms with E-state index in [0.29, 0.717) is 0 Å². The van der Waals surface area contributed by atoms with Crippen molar-refractivity contribution < 1.29 is 0 Å². The summed E-state index contributed by atoms with van der Waals surface area (Å²) in [5.41, 5.74) is 3.44. The Morgan fingerprint density at radius 2 is 1.36 bits per heavy atom. The van der Waals surface area contributed by atoms with Crippen LogP contribution in [0.2, 0.25) is 0 Å². The third kappa shape index (κ3) is 8.30. The molecule has 0 bridgehead atoms. The average molecular weight is 387 g/mol. The molecule has 0 saturated carbocycles. The predicted molar refractivity (Wildman–Crippen MR) is 121 cm³/mol. The molecule has 1 aromatic heterocycles. The van der Waals surface area contributed by atoms with E-state index in [1.807, 2.05) is 0 Å². The second-order valence-corrected chi connectivity index (χ2v) is 8.38. The van der Waals surface area contributed by atoms with Crippen molar-refractivity contribution in [3.63, 3.8) is 0 Å². The highest BCUT2D eigenvalue weighted by molar-refractivity contribution is 5.74. The first-order valence-corrected chi connectivity index (χ1v) is 11.8. The molecular formula is C24H42N4. The van der Waals surface area contributed by atoms with Gasteiger partial charge in [-0.15, -0.1) is 5.10 Å². The Bertz CT molecular complexity index is 633. The van der Waals surface area contributed by atoms with Crippen molar-refractivity contribution in [2.24, 2.45) is 0 Å². The minimum absolute atomic E-state index is 0.865. The predicted octanol–water partition coefficient (Wildman–Crippen LogP) is 6.72. The van der Waals surface area contributed by atoms with Crippen LogP contribution in [0.25, 0.3) is 11.0 Å². The molecule has 0 radical (unpaired) electrons. The van der Waals surface area contributed by atoms with Gasteiger partial charge in [-0.05, 0) is 50.6 Å². The maximum atomic E-state index is 4.44. The van der Waals surface area contributed by atoms with Gasteiger partial charge in [0.1, 0.15) is 5.52 Å². The molecule has 0 spiro atoms. The lowest BCUT2D eigenvalue weighted by atomic mass is 10.1. The summed E-state index contributed by atoms with van der Waals surface area (Å²) in [5.74, 6) is 0. The third-order valence-electron chi connectivity index (χ3n) is 5.66. The molecule has 28 heavy (non-hydrogen) atoms. The molecule has 0 aliphatic carbocycles. The van der Waals surface area contributed by atoms with Gasteiger partial charge in [0.2, 0.25) is 0 Å². The Morgan fingerprint density at radius 1 is 0.786 bits per heavy atom. The highest BCUT2D eigenvalue weighted by Crippen LogP contribution is 2.15. The van der Waals surface area contributed by atoms with Gasteiger partial charge in [-0.25, -0.2) is 4.68 Å². The zero-order chi connectivity index (χ0) is 20.0. The molecule has 0 saturated heterocycles. The van der Waals surface area contributed by atoms with Gasteiger partial charge in [-0.1, -0.05) is 89.3 Å². The Hall–Kier alpha value is -1.42. The average Bonchev–Trinajstić information content (AvgIpc) is 3.08. The zero-order valence-electron chi connectivity index (χ0n) is 18.6. The van der Waals surface area contributed by atoms with E-state index in [9.17, 15) is 0 Å². The molecule has 158 valence electrons. The van der Waals surface area contributed by atoms with Crippen molar-refractivity contribution in [1.29, 1.82) is 0 Å². The van der Waals surface area contributed by atoms with Crippen LogP contribution in [0.1, 0.15) is 96.5 Å². The number of nitrogens with zero attached hydrogens (tertiary/aromatic N) is 4. The van der Waals surface area contributed by atoms with Gasteiger partial charge in [-0.2, -0.15) is 0 Å². The summed E-state index contributed by atoms with van der Waals surface area (Å²) in [7, 11) is 0. The van der Waals surface area contributed by atoms with Gasteiger partial charge >= 0.3 is 0 Å². The van der Waals surface area contributed by atoms with Crippen molar-refractivity contribution in [3.05, 3.63) is 23.8 Å². The van der Waals surface area contributed by atoms with E-state index in [2.05, 4.69) is 58.9 Å². The van der Waals surface area contributed by atoms with Crippen LogP contribution in [-0.4, -0.2) is 33.0 Å². The summed E-state index contributed by atoms with van der Waals surface area (Å²) in [6, 6.07) is 6.41. The number of hydrogen-bond acceptors (Lipinski definition) is 3. The largest absolute Gasteiger partial charge is 0.284 e. The van der Waals surface area contributed by atoms with Gasteiger partial charge in [0, 0.05) is 0 Å². The maximum absolute atomic E-state index is 4.44. The molecule has 2 rings (SSSR count). The van der Waals surface area contributed by atoms with Crippen LogP contribution in [0.5, 0.6) is 0 Å². The van der Waals surface area contributed by atoms with Gasteiger partial charge in [0.15, 0.2) is 0 Å². The molecule has 0 N–H and O–H groups in total. The molecule has 0 atom stereocenters. The highest BCUT2D eigenvalue weighted by Gasteiger charge is 2.10. The first-order valence-electron chi connectivity index (χ1n) is 11.8. The van der Waals surface area contributed by atoms with Crippen molar-refractivity contribution >= 4 is 11.0 Å². The van der Waals surface area contributed by atoms with Crippen molar-refractivity contribution in [2.45, 2.75) is 104 Å². The summed E-state index contributed by atoms with van der Waals surface area (Å²) in [5, 5.41) is 8.80. The van der Waals surface area contributed by atoms with E-state index < -0.39 is 0 Å². The lowest BCUT2D eigenvalue weighted by Crippen LogP contribution is -2.29. The normalized spacial score (nSPS) is 11.7. The van der Waals surface area contributed by atoms with E-state index in [-0.39, 0.29) is 0 Å². The number of unbranched alkanes of at least 4 members (excludes halogenated alkanes) is 10. The fourth-order valence-corrected chi connectivity index (χ4v) is 3.85. The third-order valence-corrected chi connectivity index (χ3v) is 5.66. The minimum Gasteiger partial charge on any atom is -0.284 e. The molecule has 0 fully saturated rings. The van der Waals surface area contributed by atoms with Gasteiger partial charge < -0.3 is 0 Å². The summed E-state index contributed by atoms with van der Waals surface area (Å²) in [6.45, 7) is 9.92. The van der Waals surface area contributed by atoms with E-state index >= 15 is 0 Å². The molecule has 0 amide bonds. The Morgan fingerprint density at radius 3 is 1.96 bits per heavy atom. The standard InChI is InChI=1S/C24H42N4/c1-4-6-8-10-12-14-18-27(19-15-13-11-9-7-5-2)21-28-24-20-22(3)16-17-23(24)25-26-28/h16-17,20H,4-15,18-19,21H2,1-3H3. The molecule has 1 heterocycles. The lowest BCUT2D eigenvalue weighted by molar-refractivity contribution is 0.199. The maximum Gasteiger partial charge on any atom is 0.113 e. The Labute approximate surface area is 172 Å². The quantitative estimate of drug-likeness (QED) is 0.300. The SMILES string of the molecule is CCCCCCCCN(CCCCCCCC)Cn1nnc2ccc(C)cc21. The van der Waals surface area contributed by atoms with Crippen LogP contribution in [0.15, 0.2) is 18.2 Å². The van der Waals surface area contributed by atoms with Crippen LogP contribution in [0.4, 0.5) is 0 Å². The van der Waals surface area contributed by atoms with Crippen LogP contribution in [0, 0.1) is 6.92 Å². The van der Waals surface area contributed by atoms with E-state index in [0.717, 1.165) is 17.7 Å². The molecule has 2 aromatic rings. The highest BCUT2D eigenvalue weighted by atomic mass is 15.5. The molecular weight excluding hydrogens is 344 g/mol. The van der Waals surface area contributed by atoms with E-state index in [4.69, 9.17) is 0 Å². The van der Waals surface area contributed by atoms with Crippen LogP contribution >= 0.6 is 0 Å². The first-order chi connectivity index (χ1) is 13.7. The Kier molecular flexibility index (Phi) is 11.2. The monoisotopic (exact) mass is 386 g/mol. The fraction of sp³-hybridized carbons (Fsp3) is 0.750. The van der Waals surface area contributed by atoms with Crippen LogP contribution in [-0.2, 0) is 6.67 Å². The smallest absolute Gasteiger partial charge is 0.113 e. The lowest BCUT2D eigenvalue weighted by Gasteiger charge is -2.22. The second kappa shape index (κ2) is 13.7. The minimum atomic E-state index is 0.865. The molecule has 0 aliphatic rings. The number of rotatable bonds is 16. The van der Waals surface area contributed by atoms with Crippen molar-refractivity contribution in [3.8, 4) is 0 Å². The van der Waals surface area contributed by atoms with Crippen LogP contribution in [0.3, 0.4) is 0 Å². The van der Waals surface area contributed by atoms with E-state index in [1.165, 1.54) is 95.7 Å². The number of benzene rings is 1.